The first kappa shape index (κ1) is 15.6. The molecule has 2 rings (SSSR count). The van der Waals surface area contributed by atoms with Crippen LogP contribution in [0.3, 0.4) is 0 Å². The minimum absolute atomic E-state index is 0.0283. The molecule has 1 atom stereocenters. The van der Waals surface area contributed by atoms with Crippen LogP contribution in [0.5, 0.6) is 0 Å². The molecule has 1 unspecified atom stereocenters. The van der Waals surface area contributed by atoms with Gasteiger partial charge in [0.05, 0.1) is 6.61 Å². The van der Waals surface area contributed by atoms with E-state index >= 15 is 0 Å². The van der Waals surface area contributed by atoms with Gasteiger partial charge >= 0.3 is 0 Å². The summed E-state index contributed by atoms with van der Waals surface area (Å²) in [5.74, 6) is 6.34. The molecule has 21 heavy (non-hydrogen) atoms. The fourth-order valence-electron chi connectivity index (χ4n) is 2.46. The molecule has 1 aromatic carbocycles. The molecule has 1 fully saturated rings. The summed E-state index contributed by atoms with van der Waals surface area (Å²) >= 11 is 0. The summed E-state index contributed by atoms with van der Waals surface area (Å²) in [5, 5.41) is 11.7. The summed E-state index contributed by atoms with van der Waals surface area (Å²) in [6.45, 7) is 2.98. The SMILES string of the molecule is CN1CCC(CNC(=O)c2ccc(C#CCCO)cc2)C1. The smallest absolute Gasteiger partial charge is 0.251 e. The minimum Gasteiger partial charge on any atom is -0.395 e. The van der Waals surface area contributed by atoms with Crippen molar-refractivity contribution in [2.24, 2.45) is 5.92 Å². The Hall–Kier alpha value is -1.83. The summed E-state index contributed by atoms with van der Waals surface area (Å²) in [6.07, 6.45) is 1.62. The van der Waals surface area contributed by atoms with E-state index in [1.165, 1.54) is 0 Å². The van der Waals surface area contributed by atoms with Crippen LogP contribution in [-0.4, -0.2) is 49.2 Å². The van der Waals surface area contributed by atoms with Crippen molar-refractivity contribution in [3.63, 3.8) is 0 Å². The van der Waals surface area contributed by atoms with Crippen LogP contribution < -0.4 is 5.32 Å². The number of hydrogen-bond acceptors (Lipinski definition) is 3. The Morgan fingerprint density at radius 2 is 2.19 bits per heavy atom. The summed E-state index contributed by atoms with van der Waals surface area (Å²) < 4.78 is 0. The van der Waals surface area contributed by atoms with Gasteiger partial charge in [0.25, 0.3) is 5.91 Å². The predicted octanol–water partition coefficient (Wildman–Crippen LogP) is 1.10. The number of hydrogen-bond donors (Lipinski definition) is 2. The number of carbonyl (C=O) groups is 1. The van der Waals surface area contributed by atoms with Gasteiger partial charge in [0.1, 0.15) is 0 Å². The van der Waals surface area contributed by atoms with Crippen molar-refractivity contribution < 1.29 is 9.90 Å². The third kappa shape index (κ3) is 4.89. The zero-order valence-electron chi connectivity index (χ0n) is 12.4. The fourth-order valence-corrected chi connectivity index (χ4v) is 2.46. The predicted molar refractivity (Wildman–Crippen MR) is 83.0 cm³/mol. The largest absolute Gasteiger partial charge is 0.395 e. The molecule has 112 valence electrons. The highest BCUT2D eigenvalue weighted by atomic mass is 16.2. The molecule has 0 radical (unpaired) electrons. The first-order valence-corrected chi connectivity index (χ1v) is 7.35. The van der Waals surface area contributed by atoms with Crippen LogP contribution >= 0.6 is 0 Å². The number of aliphatic hydroxyl groups is 1. The fraction of sp³-hybridized carbons (Fsp3) is 0.471. The van der Waals surface area contributed by atoms with Crippen molar-refractivity contribution in [1.82, 2.24) is 10.2 Å². The Bertz CT molecular complexity index is 528. The molecule has 1 aliphatic rings. The van der Waals surface area contributed by atoms with Gasteiger partial charge in [-0.1, -0.05) is 11.8 Å². The molecule has 1 amide bonds. The Morgan fingerprint density at radius 1 is 1.43 bits per heavy atom. The molecule has 1 heterocycles. The molecule has 1 aromatic rings. The molecule has 0 aliphatic carbocycles. The number of carbonyl (C=O) groups excluding carboxylic acids is 1. The van der Waals surface area contributed by atoms with Gasteiger partial charge < -0.3 is 15.3 Å². The van der Waals surface area contributed by atoms with Gasteiger partial charge in [0.15, 0.2) is 0 Å². The van der Waals surface area contributed by atoms with E-state index in [1.54, 1.807) is 12.1 Å². The van der Waals surface area contributed by atoms with E-state index in [0.29, 0.717) is 17.9 Å². The van der Waals surface area contributed by atoms with Gasteiger partial charge in [0.2, 0.25) is 0 Å². The van der Waals surface area contributed by atoms with Crippen molar-refractivity contribution in [2.45, 2.75) is 12.8 Å². The lowest BCUT2D eigenvalue weighted by Gasteiger charge is -2.11. The standard InChI is InChI=1S/C17H22N2O2/c1-19-10-9-15(13-19)12-18-17(21)16-7-5-14(6-8-16)4-2-3-11-20/h5-8,15,20H,3,9-13H2,1H3,(H,18,21). The third-order valence-corrected chi connectivity index (χ3v) is 3.66. The molecule has 0 aromatic heterocycles. The number of nitrogens with zero attached hydrogens (tertiary/aromatic N) is 1. The van der Waals surface area contributed by atoms with Crippen LogP contribution in [0.1, 0.15) is 28.8 Å². The molecule has 2 N–H and O–H groups in total. The van der Waals surface area contributed by atoms with Crippen LogP contribution in [-0.2, 0) is 0 Å². The van der Waals surface area contributed by atoms with Gasteiger partial charge in [-0.15, -0.1) is 0 Å². The zero-order valence-corrected chi connectivity index (χ0v) is 12.4. The van der Waals surface area contributed by atoms with E-state index in [2.05, 4.69) is 29.1 Å². The van der Waals surface area contributed by atoms with Crippen molar-refractivity contribution in [3.8, 4) is 11.8 Å². The molecule has 0 spiro atoms. The van der Waals surface area contributed by atoms with Crippen LogP contribution in [0.2, 0.25) is 0 Å². The highest BCUT2D eigenvalue weighted by Gasteiger charge is 2.19. The van der Waals surface area contributed by atoms with Crippen molar-refractivity contribution in [1.29, 1.82) is 0 Å². The summed E-state index contributed by atoms with van der Waals surface area (Å²) in [6, 6.07) is 7.25. The molecule has 4 nitrogen and oxygen atoms in total. The Balaban J connectivity index is 1.84. The average molecular weight is 286 g/mol. The van der Waals surface area contributed by atoms with E-state index < -0.39 is 0 Å². The monoisotopic (exact) mass is 286 g/mol. The summed E-state index contributed by atoms with van der Waals surface area (Å²) in [5.41, 5.74) is 1.52. The summed E-state index contributed by atoms with van der Waals surface area (Å²) in [7, 11) is 2.11. The lowest BCUT2D eigenvalue weighted by Crippen LogP contribution is -2.30. The summed E-state index contributed by atoms with van der Waals surface area (Å²) in [4.78, 5) is 14.3. The maximum absolute atomic E-state index is 12.1. The number of aliphatic hydroxyl groups excluding tert-OH is 1. The van der Waals surface area contributed by atoms with Crippen LogP contribution in [0.4, 0.5) is 0 Å². The lowest BCUT2D eigenvalue weighted by atomic mass is 10.1. The molecule has 1 aliphatic heterocycles. The zero-order chi connectivity index (χ0) is 15.1. The highest BCUT2D eigenvalue weighted by molar-refractivity contribution is 5.94. The molecule has 0 bridgehead atoms. The maximum atomic E-state index is 12.1. The number of rotatable bonds is 4. The normalized spacial score (nSPS) is 18.1. The topological polar surface area (TPSA) is 52.6 Å². The van der Waals surface area contributed by atoms with Gasteiger partial charge in [-0.2, -0.15) is 0 Å². The lowest BCUT2D eigenvalue weighted by molar-refractivity contribution is 0.0947. The Labute approximate surface area is 126 Å². The molecular weight excluding hydrogens is 264 g/mol. The van der Waals surface area contributed by atoms with Gasteiger partial charge in [-0.05, 0) is 50.2 Å². The molecular formula is C17H22N2O2. The first-order valence-electron chi connectivity index (χ1n) is 7.35. The van der Waals surface area contributed by atoms with Crippen molar-refractivity contribution >= 4 is 5.91 Å². The van der Waals surface area contributed by atoms with Gasteiger partial charge in [-0.3, -0.25) is 4.79 Å². The van der Waals surface area contributed by atoms with E-state index in [0.717, 1.165) is 31.6 Å². The second-order valence-electron chi connectivity index (χ2n) is 5.48. The van der Waals surface area contributed by atoms with E-state index in [-0.39, 0.29) is 12.5 Å². The third-order valence-electron chi connectivity index (χ3n) is 3.66. The van der Waals surface area contributed by atoms with Crippen molar-refractivity contribution in [2.75, 3.05) is 33.3 Å². The molecule has 1 saturated heterocycles. The van der Waals surface area contributed by atoms with Crippen LogP contribution in [0, 0.1) is 17.8 Å². The molecule has 4 heteroatoms. The minimum atomic E-state index is -0.0283. The highest BCUT2D eigenvalue weighted by Crippen LogP contribution is 2.13. The number of amides is 1. The van der Waals surface area contributed by atoms with Gasteiger partial charge in [0, 0.05) is 30.6 Å². The number of benzene rings is 1. The Kier molecular flexibility index (Phi) is 5.79. The Morgan fingerprint density at radius 3 is 2.81 bits per heavy atom. The van der Waals surface area contributed by atoms with Crippen LogP contribution in [0.25, 0.3) is 0 Å². The van der Waals surface area contributed by atoms with E-state index in [9.17, 15) is 4.79 Å². The maximum Gasteiger partial charge on any atom is 0.251 e. The second kappa shape index (κ2) is 7.82. The van der Waals surface area contributed by atoms with Gasteiger partial charge in [-0.25, -0.2) is 0 Å². The number of likely N-dealkylation sites (tertiary alicyclic amines) is 1. The number of nitrogens with one attached hydrogen (secondary N) is 1. The van der Waals surface area contributed by atoms with E-state index in [1.807, 2.05) is 12.1 Å². The quantitative estimate of drug-likeness (QED) is 0.815. The van der Waals surface area contributed by atoms with Crippen LogP contribution in [0.15, 0.2) is 24.3 Å². The first-order chi connectivity index (χ1) is 10.2. The second-order valence-corrected chi connectivity index (χ2v) is 5.48. The van der Waals surface area contributed by atoms with E-state index in [4.69, 9.17) is 5.11 Å². The van der Waals surface area contributed by atoms with Crippen molar-refractivity contribution in [3.05, 3.63) is 35.4 Å². The average Bonchev–Trinajstić information content (AvgIpc) is 2.91. The molecule has 0 saturated carbocycles.